The first-order chi connectivity index (χ1) is 7.62. The summed E-state index contributed by atoms with van der Waals surface area (Å²) >= 11 is 5.71. The van der Waals surface area contributed by atoms with E-state index in [2.05, 4.69) is 4.72 Å². The molecule has 0 bridgehead atoms. The highest BCUT2D eigenvalue weighted by atomic mass is 35.5. The van der Waals surface area contributed by atoms with E-state index in [1.165, 1.54) is 0 Å². The van der Waals surface area contributed by atoms with Crippen LogP contribution in [0.1, 0.15) is 24.0 Å². The van der Waals surface area contributed by atoms with Crippen LogP contribution in [-0.2, 0) is 22.4 Å². The molecule has 1 aromatic rings. The quantitative estimate of drug-likeness (QED) is 0.823. The first-order valence-corrected chi connectivity index (χ1v) is 7.32. The maximum atomic E-state index is 11.6. The molecule has 0 atom stereocenters. The van der Waals surface area contributed by atoms with Crippen molar-refractivity contribution in [3.05, 3.63) is 35.4 Å². The number of hydrogen-bond donors (Lipinski definition) is 1. The van der Waals surface area contributed by atoms with Crippen LogP contribution < -0.4 is 4.72 Å². The van der Waals surface area contributed by atoms with E-state index in [9.17, 15) is 8.42 Å². The summed E-state index contributed by atoms with van der Waals surface area (Å²) in [7, 11) is -3.09. The second-order valence-corrected chi connectivity index (χ2v) is 6.33. The van der Waals surface area contributed by atoms with Crippen molar-refractivity contribution in [2.45, 2.75) is 30.5 Å². The van der Waals surface area contributed by atoms with E-state index >= 15 is 0 Å². The Hall–Kier alpha value is -0.580. The second-order valence-electron chi connectivity index (χ2n) is 4.02. The summed E-state index contributed by atoms with van der Waals surface area (Å²) in [5.41, 5.74) is 1.95. The lowest BCUT2D eigenvalue weighted by molar-refractivity contribution is 0.580. The Morgan fingerprint density at radius 3 is 2.62 bits per heavy atom. The number of benzene rings is 1. The standard InChI is InChI=1S/C11H14ClNO2S/c12-7-9-2-1-3-10(6-9)8-13-16(14,15)11-4-5-11/h1-3,6,11,13H,4-5,7-8H2. The SMILES string of the molecule is O=S(=O)(NCc1cccc(CCl)c1)C1CC1. The second kappa shape index (κ2) is 4.73. The van der Waals surface area contributed by atoms with Gasteiger partial charge in [-0.3, -0.25) is 0 Å². The topological polar surface area (TPSA) is 46.2 Å². The number of halogens is 1. The molecule has 0 aliphatic heterocycles. The molecule has 16 heavy (non-hydrogen) atoms. The number of rotatable bonds is 5. The largest absolute Gasteiger partial charge is 0.214 e. The third kappa shape index (κ3) is 2.97. The van der Waals surface area contributed by atoms with Gasteiger partial charge in [0.25, 0.3) is 0 Å². The lowest BCUT2D eigenvalue weighted by Crippen LogP contribution is -2.26. The van der Waals surface area contributed by atoms with E-state index in [0.717, 1.165) is 24.0 Å². The molecule has 0 saturated heterocycles. The predicted molar refractivity (Wildman–Crippen MR) is 64.8 cm³/mol. The van der Waals surface area contributed by atoms with Gasteiger partial charge in [-0.15, -0.1) is 11.6 Å². The first-order valence-electron chi connectivity index (χ1n) is 5.24. The smallest absolute Gasteiger partial charge is 0.212 e. The molecule has 1 aliphatic carbocycles. The van der Waals surface area contributed by atoms with Crippen LogP contribution in [0.4, 0.5) is 0 Å². The fourth-order valence-corrected chi connectivity index (χ4v) is 3.03. The van der Waals surface area contributed by atoms with Gasteiger partial charge in [-0.25, -0.2) is 13.1 Å². The normalized spacial score (nSPS) is 16.3. The average Bonchev–Trinajstić information content (AvgIpc) is 3.11. The van der Waals surface area contributed by atoms with Crippen molar-refractivity contribution < 1.29 is 8.42 Å². The van der Waals surface area contributed by atoms with E-state index in [-0.39, 0.29) is 5.25 Å². The number of alkyl halides is 1. The van der Waals surface area contributed by atoms with Crippen molar-refractivity contribution in [1.29, 1.82) is 0 Å². The molecule has 0 unspecified atom stereocenters. The van der Waals surface area contributed by atoms with Crippen molar-refractivity contribution >= 4 is 21.6 Å². The molecular formula is C11H14ClNO2S. The number of sulfonamides is 1. The van der Waals surface area contributed by atoms with Gasteiger partial charge in [0, 0.05) is 12.4 Å². The third-order valence-electron chi connectivity index (χ3n) is 2.59. The average molecular weight is 260 g/mol. The third-order valence-corrected chi connectivity index (χ3v) is 4.79. The summed E-state index contributed by atoms with van der Waals surface area (Å²) in [6, 6.07) is 7.62. The van der Waals surface area contributed by atoms with E-state index < -0.39 is 10.0 Å². The van der Waals surface area contributed by atoms with Crippen molar-refractivity contribution in [3.8, 4) is 0 Å². The predicted octanol–water partition coefficient (Wildman–Crippen LogP) is 2.01. The van der Waals surface area contributed by atoms with Crippen molar-refractivity contribution in [2.24, 2.45) is 0 Å². The summed E-state index contributed by atoms with van der Waals surface area (Å²) < 4.78 is 25.8. The molecule has 1 saturated carbocycles. The maximum absolute atomic E-state index is 11.6. The van der Waals surface area contributed by atoms with Crippen LogP contribution in [0.25, 0.3) is 0 Å². The highest BCUT2D eigenvalue weighted by Crippen LogP contribution is 2.27. The number of nitrogens with one attached hydrogen (secondary N) is 1. The molecule has 5 heteroatoms. The monoisotopic (exact) mass is 259 g/mol. The molecule has 3 nitrogen and oxygen atoms in total. The lowest BCUT2D eigenvalue weighted by atomic mass is 10.1. The minimum atomic E-state index is -3.09. The molecule has 0 aromatic heterocycles. The molecular weight excluding hydrogens is 246 g/mol. The van der Waals surface area contributed by atoms with Crippen LogP contribution in [0.5, 0.6) is 0 Å². The van der Waals surface area contributed by atoms with Gasteiger partial charge >= 0.3 is 0 Å². The van der Waals surface area contributed by atoms with Gasteiger partial charge in [0.2, 0.25) is 10.0 Å². The highest BCUT2D eigenvalue weighted by molar-refractivity contribution is 7.90. The zero-order chi connectivity index (χ0) is 11.6. The zero-order valence-corrected chi connectivity index (χ0v) is 10.4. The highest BCUT2D eigenvalue weighted by Gasteiger charge is 2.35. The van der Waals surface area contributed by atoms with E-state index in [0.29, 0.717) is 12.4 Å². The van der Waals surface area contributed by atoms with Crippen LogP contribution in [0.2, 0.25) is 0 Å². The Balaban J connectivity index is 1.98. The Bertz CT molecular complexity index is 469. The molecule has 1 fully saturated rings. The minimum absolute atomic E-state index is 0.163. The van der Waals surface area contributed by atoms with Gasteiger partial charge in [-0.1, -0.05) is 24.3 Å². The molecule has 2 rings (SSSR count). The fraction of sp³-hybridized carbons (Fsp3) is 0.455. The molecule has 0 radical (unpaired) electrons. The van der Waals surface area contributed by atoms with Gasteiger partial charge < -0.3 is 0 Å². The van der Waals surface area contributed by atoms with E-state index in [1.807, 2.05) is 24.3 Å². The van der Waals surface area contributed by atoms with Gasteiger partial charge in [-0.05, 0) is 24.0 Å². The Labute approximate surface area is 101 Å². The van der Waals surface area contributed by atoms with Crippen LogP contribution >= 0.6 is 11.6 Å². The molecule has 1 aromatic carbocycles. The van der Waals surface area contributed by atoms with Crippen molar-refractivity contribution in [3.63, 3.8) is 0 Å². The molecule has 1 aliphatic rings. The number of hydrogen-bond acceptors (Lipinski definition) is 2. The van der Waals surface area contributed by atoms with Gasteiger partial charge in [0.1, 0.15) is 0 Å². The molecule has 0 spiro atoms. The summed E-state index contributed by atoms with van der Waals surface area (Å²) in [6.07, 6.45) is 1.58. The van der Waals surface area contributed by atoms with Crippen LogP contribution in [0.15, 0.2) is 24.3 Å². The minimum Gasteiger partial charge on any atom is -0.212 e. The van der Waals surface area contributed by atoms with E-state index in [1.54, 1.807) is 0 Å². The van der Waals surface area contributed by atoms with Gasteiger partial charge in [0.15, 0.2) is 0 Å². The maximum Gasteiger partial charge on any atom is 0.214 e. The van der Waals surface area contributed by atoms with E-state index in [4.69, 9.17) is 11.6 Å². The Morgan fingerprint density at radius 2 is 2.00 bits per heavy atom. The fourth-order valence-electron chi connectivity index (χ4n) is 1.50. The Morgan fingerprint density at radius 1 is 1.31 bits per heavy atom. The van der Waals surface area contributed by atoms with Crippen molar-refractivity contribution in [1.82, 2.24) is 4.72 Å². The Kier molecular flexibility index (Phi) is 3.52. The molecule has 0 heterocycles. The van der Waals surface area contributed by atoms with Crippen LogP contribution in [-0.4, -0.2) is 13.7 Å². The molecule has 0 amide bonds. The van der Waals surface area contributed by atoms with Gasteiger partial charge in [-0.2, -0.15) is 0 Å². The summed E-state index contributed by atoms with van der Waals surface area (Å²) in [5, 5.41) is -0.163. The van der Waals surface area contributed by atoms with Crippen LogP contribution in [0, 0.1) is 0 Å². The lowest BCUT2D eigenvalue weighted by Gasteiger charge is -2.06. The molecule has 1 N–H and O–H groups in total. The van der Waals surface area contributed by atoms with Crippen LogP contribution in [0.3, 0.4) is 0 Å². The van der Waals surface area contributed by atoms with Gasteiger partial charge in [0.05, 0.1) is 5.25 Å². The summed E-state index contributed by atoms with van der Waals surface area (Å²) in [5.74, 6) is 0.448. The zero-order valence-electron chi connectivity index (χ0n) is 8.82. The summed E-state index contributed by atoms with van der Waals surface area (Å²) in [4.78, 5) is 0. The molecule has 88 valence electrons. The first kappa shape index (κ1) is 11.9. The summed E-state index contributed by atoms with van der Waals surface area (Å²) in [6.45, 7) is 0.351. The van der Waals surface area contributed by atoms with Crippen molar-refractivity contribution in [2.75, 3.05) is 0 Å².